The van der Waals surface area contributed by atoms with E-state index in [4.69, 9.17) is 0 Å². The van der Waals surface area contributed by atoms with Crippen LogP contribution in [0.5, 0.6) is 0 Å². The van der Waals surface area contributed by atoms with Crippen LogP contribution in [-0.4, -0.2) is 4.98 Å². The molecule has 0 aliphatic carbocycles. The molecule has 0 N–H and O–H groups in total. The number of hydrogen-bond donors (Lipinski definition) is 0. The van der Waals surface area contributed by atoms with Gasteiger partial charge >= 0.3 is 0 Å². The molecule has 0 atom stereocenters. The van der Waals surface area contributed by atoms with Gasteiger partial charge in [0.1, 0.15) is 0 Å². The highest BCUT2D eigenvalue weighted by Gasteiger charge is 2.09. The first-order valence-corrected chi connectivity index (χ1v) is 5.76. The molecule has 0 spiro atoms. The van der Waals surface area contributed by atoms with Crippen LogP contribution in [-0.2, 0) is 25.7 Å². The van der Waals surface area contributed by atoms with E-state index in [1.807, 2.05) is 0 Å². The van der Waals surface area contributed by atoms with Gasteiger partial charge in [0.05, 0.1) is 0 Å². The molecule has 0 aliphatic rings. The Hall–Kier alpha value is -0.850. The Labute approximate surface area is 87.6 Å². The topological polar surface area (TPSA) is 12.9 Å². The lowest BCUT2D eigenvalue weighted by atomic mass is 9.95. The van der Waals surface area contributed by atoms with Crippen LogP contribution in [0.15, 0.2) is 6.20 Å². The van der Waals surface area contributed by atoms with Gasteiger partial charge in [-0.2, -0.15) is 0 Å². The molecule has 0 bridgehead atoms. The van der Waals surface area contributed by atoms with E-state index in [9.17, 15) is 0 Å². The Bertz CT molecular complexity index is 271. The summed E-state index contributed by atoms with van der Waals surface area (Å²) in [6.45, 7) is 8.87. The fourth-order valence-electron chi connectivity index (χ4n) is 2.15. The number of aromatic nitrogens is 1. The molecule has 1 aromatic heterocycles. The summed E-state index contributed by atoms with van der Waals surface area (Å²) in [4.78, 5) is 4.55. The predicted octanol–water partition coefficient (Wildman–Crippen LogP) is 3.33. The highest BCUT2D eigenvalue weighted by Crippen LogP contribution is 2.19. The molecule has 1 heteroatoms. The minimum atomic E-state index is 1.06. The van der Waals surface area contributed by atoms with Crippen molar-refractivity contribution in [3.8, 4) is 0 Å². The van der Waals surface area contributed by atoms with Gasteiger partial charge < -0.3 is 0 Å². The molecule has 0 saturated heterocycles. The summed E-state index contributed by atoms with van der Waals surface area (Å²) >= 11 is 0. The second kappa shape index (κ2) is 5.14. The first kappa shape index (κ1) is 11.2. The molecule has 0 unspecified atom stereocenters. The maximum Gasteiger partial charge on any atom is 0.0435 e. The van der Waals surface area contributed by atoms with Gasteiger partial charge in [0.25, 0.3) is 0 Å². The fraction of sp³-hybridized carbons (Fsp3) is 0.615. The summed E-state index contributed by atoms with van der Waals surface area (Å²) < 4.78 is 0. The molecule has 1 aromatic rings. The molecule has 1 heterocycles. The van der Waals surface area contributed by atoms with Crippen LogP contribution in [0.3, 0.4) is 0 Å². The van der Waals surface area contributed by atoms with Crippen molar-refractivity contribution in [1.82, 2.24) is 4.98 Å². The summed E-state index contributed by atoms with van der Waals surface area (Å²) in [6, 6.07) is 0. The van der Waals surface area contributed by atoms with Crippen LogP contribution >= 0.6 is 0 Å². The van der Waals surface area contributed by atoms with Gasteiger partial charge in [0.2, 0.25) is 0 Å². The second-order valence-electron chi connectivity index (χ2n) is 3.60. The second-order valence-corrected chi connectivity index (χ2v) is 3.60. The van der Waals surface area contributed by atoms with Crippen LogP contribution < -0.4 is 0 Å². The number of hydrogen-bond acceptors (Lipinski definition) is 1. The lowest BCUT2D eigenvalue weighted by molar-refractivity contribution is 0.894. The zero-order valence-electron chi connectivity index (χ0n) is 9.85. The van der Waals surface area contributed by atoms with Gasteiger partial charge in [-0.05, 0) is 42.4 Å². The molecule has 0 radical (unpaired) electrons. The summed E-state index contributed by atoms with van der Waals surface area (Å²) in [7, 11) is 0. The fourth-order valence-corrected chi connectivity index (χ4v) is 2.15. The van der Waals surface area contributed by atoms with Gasteiger partial charge in [-0.25, -0.2) is 0 Å². The Morgan fingerprint density at radius 2 is 1.50 bits per heavy atom. The molecular weight excluding hydrogens is 170 g/mol. The number of rotatable bonds is 4. The largest absolute Gasteiger partial charge is 0.261 e. The van der Waals surface area contributed by atoms with Gasteiger partial charge in [-0.15, -0.1) is 0 Å². The third-order valence-corrected chi connectivity index (χ3v) is 2.90. The maximum atomic E-state index is 4.55. The normalized spacial score (nSPS) is 10.6. The standard InChI is InChI=1S/C13H21N/c1-5-10-9-14-13(8-4)12(7-3)11(10)6-2/h9H,5-8H2,1-4H3. The van der Waals surface area contributed by atoms with E-state index in [2.05, 4.69) is 38.9 Å². The molecular formula is C13H21N. The zero-order valence-corrected chi connectivity index (χ0v) is 9.85. The van der Waals surface area contributed by atoms with Crippen molar-refractivity contribution in [1.29, 1.82) is 0 Å². The smallest absolute Gasteiger partial charge is 0.0435 e. The Kier molecular flexibility index (Phi) is 4.12. The average molecular weight is 191 g/mol. The highest BCUT2D eigenvalue weighted by atomic mass is 14.7. The van der Waals surface area contributed by atoms with E-state index in [1.165, 1.54) is 16.8 Å². The molecule has 1 rings (SSSR count). The lowest BCUT2D eigenvalue weighted by Gasteiger charge is -2.14. The SMILES string of the molecule is CCc1cnc(CC)c(CC)c1CC. The predicted molar refractivity (Wildman–Crippen MR) is 61.7 cm³/mol. The molecule has 78 valence electrons. The number of aryl methyl sites for hydroxylation is 2. The van der Waals surface area contributed by atoms with Crippen molar-refractivity contribution < 1.29 is 0 Å². The third kappa shape index (κ3) is 1.97. The number of nitrogens with zero attached hydrogens (tertiary/aromatic N) is 1. The first-order valence-electron chi connectivity index (χ1n) is 5.76. The summed E-state index contributed by atoms with van der Waals surface area (Å²) in [5, 5.41) is 0. The van der Waals surface area contributed by atoms with E-state index in [-0.39, 0.29) is 0 Å². The highest BCUT2D eigenvalue weighted by molar-refractivity contribution is 5.36. The van der Waals surface area contributed by atoms with Gasteiger partial charge in [0, 0.05) is 11.9 Å². The van der Waals surface area contributed by atoms with Crippen LogP contribution in [0.2, 0.25) is 0 Å². The van der Waals surface area contributed by atoms with Crippen molar-refractivity contribution in [2.75, 3.05) is 0 Å². The molecule has 0 fully saturated rings. The summed E-state index contributed by atoms with van der Waals surface area (Å²) in [6.07, 6.45) is 6.49. The van der Waals surface area contributed by atoms with Crippen LogP contribution in [0.4, 0.5) is 0 Å². The molecule has 0 aliphatic heterocycles. The molecule has 14 heavy (non-hydrogen) atoms. The van der Waals surface area contributed by atoms with Gasteiger partial charge in [-0.1, -0.05) is 27.7 Å². The molecule has 1 nitrogen and oxygen atoms in total. The van der Waals surface area contributed by atoms with Crippen molar-refractivity contribution in [3.63, 3.8) is 0 Å². The van der Waals surface area contributed by atoms with E-state index in [0.717, 1.165) is 25.7 Å². The van der Waals surface area contributed by atoms with E-state index >= 15 is 0 Å². The van der Waals surface area contributed by atoms with Gasteiger partial charge in [0.15, 0.2) is 0 Å². The maximum absolute atomic E-state index is 4.55. The zero-order chi connectivity index (χ0) is 10.6. The van der Waals surface area contributed by atoms with E-state index in [0.29, 0.717) is 0 Å². The third-order valence-electron chi connectivity index (χ3n) is 2.90. The summed E-state index contributed by atoms with van der Waals surface area (Å²) in [5.41, 5.74) is 5.76. The minimum Gasteiger partial charge on any atom is -0.261 e. The Balaban J connectivity index is 3.28. The molecule has 0 saturated carbocycles. The van der Waals surface area contributed by atoms with Crippen molar-refractivity contribution in [2.24, 2.45) is 0 Å². The molecule has 0 aromatic carbocycles. The van der Waals surface area contributed by atoms with Crippen molar-refractivity contribution >= 4 is 0 Å². The average Bonchev–Trinajstić information content (AvgIpc) is 2.26. The summed E-state index contributed by atoms with van der Waals surface area (Å²) in [5.74, 6) is 0. The van der Waals surface area contributed by atoms with Crippen molar-refractivity contribution in [3.05, 3.63) is 28.6 Å². The quantitative estimate of drug-likeness (QED) is 0.711. The number of pyridine rings is 1. The van der Waals surface area contributed by atoms with Crippen LogP contribution in [0, 0.1) is 0 Å². The van der Waals surface area contributed by atoms with E-state index in [1.54, 1.807) is 5.56 Å². The molecule has 0 amide bonds. The lowest BCUT2D eigenvalue weighted by Crippen LogP contribution is -2.04. The van der Waals surface area contributed by atoms with E-state index < -0.39 is 0 Å². The minimum absolute atomic E-state index is 1.06. The van der Waals surface area contributed by atoms with Crippen LogP contribution in [0.25, 0.3) is 0 Å². The monoisotopic (exact) mass is 191 g/mol. The first-order chi connectivity index (χ1) is 6.78. The Morgan fingerprint density at radius 3 is 1.93 bits per heavy atom. The van der Waals surface area contributed by atoms with Gasteiger partial charge in [-0.3, -0.25) is 4.98 Å². The van der Waals surface area contributed by atoms with Crippen LogP contribution in [0.1, 0.15) is 50.1 Å². The Morgan fingerprint density at radius 1 is 0.857 bits per heavy atom. The van der Waals surface area contributed by atoms with Crippen molar-refractivity contribution in [2.45, 2.75) is 53.4 Å².